The first-order valence-electron chi connectivity index (χ1n) is 7.90. The van der Waals surface area contributed by atoms with Crippen molar-refractivity contribution in [2.75, 3.05) is 16.8 Å². The molecule has 9 heteroatoms. The Labute approximate surface area is 146 Å². The summed E-state index contributed by atoms with van der Waals surface area (Å²) in [5, 5.41) is 9.01. The molecule has 1 spiro atoms. The van der Waals surface area contributed by atoms with Gasteiger partial charge >= 0.3 is 0 Å². The molecule has 4 atom stereocenters. The summed E-state index contributed by atoms with van der Waals surface area (Å²) in [7, 11) is 0. The second-order valence-electron chi connectivity index (χ2n) is 6.45. The van der Waals surface area contributed by atoms with Crippen LogP contribution in [0.3, 0.4) is 0 Å². The molecule has 2 unspecified atom stereocenters. The SMILES string of the molecule is Cc1cc(N2C[C@]34C=C[C@@H](O3)C(C(=O)Nc3nccs3)C4C2=O)no1. The zero-order valence-corrected chi connectivity index (χ0v) is 14.0. The van der Waals surface area contributed by atoms with Gasteiger partial charge in [-0.05, 0) is 6.92 Å². The number of hydrogen-bond donors (Lipinski definition) is 1. The van der Waals surface area contributed by atoms with Gasteiger partial charge in [0.15, 0.2) is 10.9 Å². The first kappa shape index (κ1) is 14.8. The number of amides is 2. The summed E-state index contributed by atoms with van der Waals surface area (Å²) in [5.41, 5.74) is -0.778. The van der Waals surface area contributed by atoms with Crippen LogP contribution in [0.2, 0.25) is 0 Å². The van der Waals surface area contributed by atoms with Crippen molar-refractivity contribution in [2.24, 2.45) is 11.8 Å². The third-order valence-electron chi connectivity index (χ3n) is 4.96. The topological polar surface area (TPSA) is 97.6 Å². The van der Waals surface area contributed by atoms with Crippen LogP contribution in [0, 0.1) is 18.8 Å². The Morgan fingerprint density at radius 1 is 1.52 bits per heavy atom. The first-order valence-corrected chi connectivity index (χ1v) is 8.78. The molecule has 0 radical (unpaired) electrons. The van der Waals surface area contributed by atoms with Gasteiger partial charge in [0.1, 0.15) is 11.4 Å². The highest BCUT2D eigenvalue weighted by Gasteiger charge is 2.67. The highest BCUT2D eigenvalue weighted by Crippen LogP contribution is 2.52. The Balaban J connectivity index is 1.46. The monoisotopic (exact) mass is 358 g/mol. The van der Waals surface area contributed by atoms with E-state index in [1.54, 1.807) is 24.6 Å². The van der Waals surface area contributed by atoms with Crippen molar-refractivity contribution in [3.8, 4) is 0 Å². The summed E-state index contributed by atoms with van der Waals surface area (Å²) in [6.45, 7) is 2.10. The Morgan fingerprint density at radius 2 is 2.40 bits per heavy atom. The summed E-state index contributed by atoms with van der Waals surface area (Å²) in [5.74, 6) is -0.497. The molecule has 0 saturated carbocycles. The van der Waals surface area contributed by atoms with Crippen LogP contribution in [0.25, 0.3) is 0 Å². The van der Waals surface area contributed by atoms with E-state index in [0.717, 1.165) is 0 Å². The number of nitrogens with zero attached hydrogens (tertiary/aromatic N) is 3. The second kappa shape index (κ2) is 4.99. The third kappa shape index (κ3) is 2.02. The van der Waals surface area contributed by atoms with E-state index in [-0.39, 0.29) is 11.8 Å². The minimum absolute atomic E-state index is 0.167. The number of fused-ring (bicyclic) bond motifs is 1. The van der Waals surface area contributed by atoms with E-state index in [1.165, 1.54) is 16.2 Å². The summed E-state index contributed by atoms with van der Waals surface area (Å²) in [4.78, 5) is 31.4. The maximum absolute atomic E-state index is 13.0. The minimum atomic E-state index is -0.778. The van der Waals surface area contributed by atoms with Gasteiger partial charge in [0, 0.05) is 17.6 Å². The predicted molar refractivity (Wildman–Crippen MR) is 88.1 cm³/mol. The number of carbonyl (C=O) groups is 2. The molecule has 2 amide bonds. The Bertz CT molecular complexity index is 892. The number of thiazole rings is 1. The van der Waals surface area contributed by atoms with E-state index in [9.17, 15) is 9.59 Å². The predicted octanol–water partition coefficient (Wildman–Crippen LogP) is 1.36. The van der Waals surface area contributed by atoms with Gasteiger partial charge in [-0.2, -0.15) is 0 Å². The summed E-state index contributed by atoms with van der Waals surface area (Å²) in [6.07, 6.45) is 5.00. The fraction of sp³-hybridized carbons (Fsp3) is 0.375. The maximum atomic E-state index is 13.0. The highest BCUT2D eigenvalue weighted by atomic mass is 32.1. The van der Waals surface area contributed by atoms with E-state index < -0.39 is 23.5 Å². The van der Waals surface area contributed by atoms with Crippen LogP contribution in [0.5, 0.6) is 0 Å². The lowest BCUT2D eigenvalue weighted by Crippen LogP contribution is -2.41. The van der Waals surface area contributed by atoms with Crippen molar-refractivity contribution in [1.29, 1.82) is 0 Å². The number of ether oxygens (including phenoxy) is 1. The number of anilines is 2. The molecule has 2 saturated heterocycles. The number of aryl methyl sites for hydroxylation is 1. The molecule has 3 aliphatic heterocycles. The standard InChI is InChI=1S/C16H14N4O4S/c1-8-6-10(19-24-8)20-7-16-3-2-9(23-16)11(12(16)14(20)22)13(21)18-15-17-4-5-25-15/h2-6,9,11-12H,7H2,1H3,(H,17,18,21)/t9-,11?,12?,16+/m1/s1. The van der Waals surface area contributed by atoms with Gasteiger partial charge in [-0.1, -0.05) is 17.3 Å². The summed E-state index contributed by atoms with van der Waals surface area (Å²) in [6, 6.07) is 1.70. The second-order valence-corrected chi connectivity index (χ2v) is 7.34. The van der Waals surface area contributed by atoms with Crippen molar-refractivity contribution in [3.63, 3.8) is 0 Å². The fourth-order valence-corrected chi connectivity index (χ4v) is 4.48. The average molecular weight is 358 g/mol. The highest BCUT2D eigenvalue weighted by molar-refractivity contribution is 7.13. The van der Waals surface area contributed by atoms with Gasteiger partial charge in [-0.25, -0.2) is 4.98 Å². The van der Waals surface area contributed by atoms with Crippen molar-refractivity contribution >= 4 is 34.1 Å². The molecule has 2 aromatic heterocycles. The number of carbonyl (C=O) groups excluding carboxylic acids is 2. The average Bonchev–Trinajstić information content (AvgIpc) is 3.36. The van der Waals surface area contributed by atoms with Crippen LogP contribution in [0.4, 0.5) is 10.9 Å². The van der Waals surface area contributed by atoms with Gasteiger partial charge in [0.2, 0.25) is 11.8 Å². The lowest BCUT2D eigenvalue weighted by molar-refractivity contribution is -0.128. The van der Waals surface area contributed by atoms with Gasteiger partial charge in [0.25, 0.3) is 0 Å². The van der Waals surface area contributed by atoms with E-state index >= 15 is 0 Å². The van der Waals surface area contributed by atoms with E-state index in [4.69, 9.17) is 9.26 Å². The lowest BCUT2D eigenvalue weighted by atomic mass is 9.77. The fourth-order valence-electron chi connectivity index (χ4n) is 3.95. The number of hydrogen-bond acceptors (Lipinski definition) is 7. The van der Waals surface area contributed by atoms with Crippen LogP contribution in [-0.4, -0.2) is 40.2 Å². The van der Waals surface area contributed by atoms with Crippen LogP contribution in [0.15, 0.2) is 34.3 Å². The molecule has 3 aliphatic rings. The molecule has 128 valence electrons. The molecule has 2 fully saturated rings. The van der Waals surface area contributed by atoms with Gasteiger partial charge in [-0.15, -0.1) is 11.3 Å². The van der Waals surface area contributed by atoms with Crippen LogP contribution in [0.1, 0.15) is 5.76 Å². The third-order valence-corrected chi connectivity index (χ3v) is 5.65. The first-order chi connectivity index (χ1) is 12.1. The zero-order chi connectivity index (χ0) is 17.2. The quantitative estimate of drug-likeness (QED) is 0.832. The number of rotatable bonds is 3. The van der Waals surface area contributed by atoms with Gasteiger partial charge in [-0.3, -0.25) is 14.5 Å². The molecule has 0 aliphatic carbocycles. The molecule has 1 N–H and O–H groups in total. The summed E-state index contributed by atoms with van der Waals surface area (Å²) < 4.78 is 11.1. The van der Waals surface area contributed by atoms with E-state index in [2.05, 4.69) is 15.5 Å². The number of nitrogens with one attached hydrogen (secondary N) is 1. The maximum Gasteiger partial charge on any atom is 0.235 e. The molecular weight excluding hydrogens is 344 g/mol. The lowest BCUT2D eigenvalue weighted by Gasteiger charge is -2.22. The Morgan fingerprint density at radius 3 is 3.12 bits per heavy atom. The molecular formula is C16H14N4O4S. The smallest absolute Gasteiger partial charge is 0.235 e. The molecule has 0 aromatic carbocycles. The van der Waals surface area contributed by atoms with Crippen LogP contribution in [-0.2, 0) is 14.3 Å². The molecule has 5 rings (SSSR count). The van der Waals surface area contributed by atoms with Gasteiger partial charge in [0.05, 0.1) is 24.5 Å². The zero-order valence-electron chi connectivity index (χ0n) is 13.2. The van der Waals surface area contributed by atoms with Crippen LogP contribution >= 0.6 is 11.3 Å². The van der Waals surface area contributed by atoms with E-state index in [0.29, 0.717) is 23.3 Å². The molecule has 8 nitrogen and oxygen atoms in total. The Hall–Kier alpha value is -2.52. The molecule has 5 heterocycles. The minimum Gasteiger partial charge on any atom is -0.360 e. The van der Waals surface area contributed by atoms with Crippen molar-refractivity contribution in [1.82, 2.24) is 10.1 Å². The van der Waals surface area contributed by atoms with Gasteiger partial charge < -0.3 is 14.6 Å². The molecule has 25 heavy (non-hydrogen) atoms. The molecule has 2 bridgehead atoms. The summed E-state index contributed by atoms with van der Waals surface area (Å²) >= 11 is 1.33. The van der Waals surface area contributed by atoms with E-state index in [1.807, 2.05) is 12.2 Å². The largest absolute Gasteiger partial charge is 0.360 e. The number of aromatic nitrogens is 2. The Kier molecular flexibility index (Phi) is 2.95. The van der Waals surface area contributed by atoms with Crippen molar-refractivity contribution in [2.45, 2.75) is 18.6 Å². The van der Waals surface area contributed by atoms with Crippen LogP contribution < -0.4 is 10.2 Å². The molecule has 2 aromatic rings. The normalized spacial score (nSPS) is 32.4. The van der Waals surface area contributed by atoms with Crippen molar-refractivity contribution in [3.05, 3.63) is 35.6 Å². The van der Waals surface area contributed by atoms with Crippen molar-refractivity contribution < 1.29 is 18.8 Å².